The second-order valence-corrected chi connectivity index (χ2v) is 8.77. The van der Waals surface area contributed by atoms with E-state index in [1.165, 1.54) is 0 Å². The fourth-order valence-corrected chi connectivity index (χ4v) is 3.73. The molecule has 1 saturated heterocycles. The van der Waals surface area contributed by atoms with Crippen LogP contribution < -0.4 is 10.5 Å². The third kappa shape index (κ3) is 4.17. The van der Waals surface area contributed by atoms with Crippen molar-refractivity contribution in [1.82, 2.24) is 29.6 Å². The summed E-state index contributed by atoms with van der Waals surface area (Å²) in [4.78, 5) is 29.1. The molecular formula is C21H29N7O. The SMILES string of the molecule is Cc1cc2ncnc(N3CCN(CCn4nc(C(C)(C)C)ccc4=O)CC3)c2[nH]1. The van der Waals surface area contributed by atoms with Crippen LogP contribution in [0.5, 0.6) is 0 Å². The number of aromatic amines is 1. The van der Waals surface area contributed by atoms with Crippen LogP contribution in [-0.2, 0) is 12.0 Å². The summed E-state index contributed by atoms with van der Waals surface area (Å²) in [6, 6.07) is 5.51. The lowest BCUT2D eigenvalue weighted by Gasteiger charge is -2.35. The molecule has 4 heterocycles. The van der Waals surface area contributed by atoms with Crippen LogP contribution in [0.25, 0.3) is 11.0 Å². The minimum Gasteiger partial charge on any atom is -0.354 e. The molecule has 3 aromatic rings. The van der Waals surface area contributed by atoms with Crippen molar-refractivity contribution in [2.45, 2.75) is 39.7 Å². The molecule has 0 unspecified atom stereocenters. The van der Waals surface area contributed by atoms with E-state index < -0.39 is 0 Å². The van der Waals surface area contributed by atoms with Gasteiger partial charge in [0.25, 0.3) is 5.56 Å². The molecule has 1 aliphatic rings. The Morgan fingerprint density at radius 1 is 1.07 bits per heavy atom. The number of nitrogens with zero attached hydrogens (tertiary/aromatic N) is 6. The van der Waals surface area contributed by atoms with Gasteiger partial charge in [0, 0.05) is 49.9 Å². The minimum absolute atomic E-state index is 0.0397. The number of hydrogen-bond donors (Lipinski definition) is 1. The van der Waals surface area contributed by atoms with Crippen molar-refractivity contribution in [2.24, 2.45) is 0 Å². The molecule has 0 spiro atoms. The van der Waals surface area contributed by atoms with Gasteiger partial charge in [-0.1, -0.05) is 20.8 Å². The highest BCUT2D eigenvalue weighted by atomic mass is 16.1. The average molecular weight is 396 g/mol. The molecule has 0 aromatic carbocycles. The highest BCUT2D eigenvalue weighted by molar-refractivity contribution is 5.86. The Hall–Kier alpha value is -2.74. The van der Waals surface area contributed by atoms with E-state index in [1.54, 1.807) is 17.1 Å². The second-order valence-electron chi connectivity index (χ2n) is 8.77. The number of hydrogen-bond acceptors (Lipinski definition) is 6. The summed E-state index contributed by atoms with van der Waals surface area (Å²) in [7, 11) is 0. The first-order valence-electron chi connectivity index (χ1n) is 10.2. The van der Waals surface area contributed by atoms with Crippen LogP contribution in [0.3, 0.4) is 0 Å². The number of anilines is 1. The summed E-state index contributed by atoms with van der Waals surface area (Å²) in [5.41, 5.74) is 3.89. The summed E-state index contributed by atoms with van der Waals surface area (Å²) >= 11 is 0. The van der Waals surface area contributed by atoms with Gasteiger partial charge in [0.05, 0.1) is 17.8 Å². The summed E-state index contributed by atoms with van der Waals surface area (Å²) in [6.07, 6.45) is 1.64. The van der Waals surface area contributed by atoms with Gasteiger partial charge in [-0.05, 0) is 19.1 Å². The van der Waals surface area contributed by atoms with Crippen molar-refractivity contribution in [2.75, 3.05) is 37.6 Å². The van der Waals surface area contributed by atoms with E-state index in [0.29, 0.717) is 6.54 Å². The van der Waals surface area contributed by atoms with Gasteiger partial charge in [0.2, 0.25) is 0 Å². The van der Waals surface area contributed by atoms with Crippen LogP contribution in [0.4, 0.5) is 5.82 Å². The molecule has 0 aliphatic carbocycles. The van der Waals surface area contributed by atoms with Gasteiger partial charge in [0.15, 0.2) is 5.82 Å². The van der Waals surface area contributed by atoms with Crippen molar-refractivity contribution < 1.29 is 0 Å². The maximum absolute atomic E-state index is 12.2. The van der Waals surface area contributed by atoms with E-state index in [2.05, 4.69) is 50.6 Å². The van der Waals surface area contributed by atoms with Crippen molar-refractivity contribution >= 4 is 16.9 Å². The average Bonchev–Trinajstić information content (AvgIpc) is 3.07. The highest BCUT2D eigenvalue weighted by Crippen LogP contribution is 2.23. The Morgan fingerprint density at radius 3 is 2.55 bits per heavy atom. The molecule has 8 nitrogen and oxygen atoms in total. The van der Waals surface area contributed by atoms with E-state index in [9.17, 15) is 4.79 Å². The predicted octanol–water partition coefficient (Wildman–Crippen LogP) is 1.94. The van der Waals surface area contributed by atoms with Crippen LogP contribution in [0.15, 0.2) is 29.3 Å². The first-order valence-corrected chi connectivity index (χ1v) is 10.2. The smallest absolute Gasteiger partial charge is 0.266 e. The molecule has 1 fully saturated rings. The molecule has 0 saturated carbocycles. The molecule has 1 aliphatic heterocycles. The molecule has 0 bridgehead atoms. The van der Waals surface area contributed by atoms with Crippen molar-refractivity contribution in [3.05, 3.63) is 46.3 Å². The van der Waals surface area contributed by atoms with Gasteiger partial charge < -0.3 is 9.88 Å². The number of aromatic nitrogens is 5. The van der Waals surface area contributed by atoms with Gasteiger partial charge in [-0.3, -0.25) is 9.69 Å². The number of aryl methyl sites for hydroxylation is 1. The lowest BCUT2D eigenvalue weighted by atomic mass is 9.92. The van der Waals surface area contributed by atoms with Crippen molar-refractivity contribution in [3.8, 4) is 0 Å². The molecule has 0 radical (unpaired) electrons. The van der Waals surface area contributed by atoms with Crippen LogP contribution in [0, 0.1) is 6.92 Å². The Kier molecular flexibility index (Phi) is 5.12. The summed E-state index contributed by atoms with van der Waals surface area (Å²) < 4.78 is 1.60. The summed E-state index contributed by atoms with van der Waals surface area (Å²) in [6.45, 7) is 13.4. The number of nitrogens with one attached hydrogen (secondary N) is 1. The van der Waals surface area contributed by atoms with E-state index in [0.717, 1.165) is 61.0 Å². The van der Waals surface area contributed by atoms with Crippen LogP contribution in [0.1, 0.15) is 32.2 Å². The number of H-pyrrole nitrogens is 1. The third-order valence-electron chi connectivity index (χ3n) is 5.47. The van der Waals surface area contributed by atoms with Crippen LogP contribution >= 0.6 is 0 Å². The maximum atomic E-state index is 12.2. The standard InChI is InChI=1S/C21H29N7O/c1-15-13-16-19(24-15)20(23-14-22-16)27-10-7-26(8-11-27)9-12-28-18(29)6-5-17(25-28)21(2,3)4/h5-6,13-14,24H,7-12H2,1-4H3. The number of fused-ring (bicyclic) bond motifs is 1. The molecule has 4 rings (SSSR count). The molecular weight excluding hydrogens is 366 g/mol. The Bertz CT molecular complexity index is 1050. The predicted molar refractivity (Wildman–Crippen MR) is 114 cm³/mol. The molecule has 8 heteroatoms. The Balaban J connectivity index is 1.39. The van der Waals surface area contributed by atoms with Gasteiger partial charge in [-0.2, -0.15) is 5.10 Å². The second kappa shape index (κ2) is 7.59. The quantitative estimate of drug-likeness (QED) is 0.727. The zero-order valence-electron chi connectivity index (χ0n) is 17.6. The largest absolute Gasteiger partial charge is 0.354 e. The Labute approximate surface area is 170 Å². The van der Waals surface area contributed by atoms with Crippen LogP contribution in [0.2, 0.25) is 0 Å². The maximum Gasteiger partial charge on any atom is 0.266 e. The number of piperazine rings is 1. The monoisotopic (exact) mass is 395 g/mol. The van der Waals surface area contributed by atoms with Gasteiger partial charge in [-0.15, -0.1) is 0 Å². The third-order valence-corrected chi connectivity index (χ3v) is 5.47. The van der Waals surface area contributed by atoms with Crippen LogP contribution in [-0.4, -0.2) is 62.4 Å². The Morgan fingerprint density at radius 2 is 1.83 bits per heavy atom. The van der Waals surface area contributed by atoms with Gasteiger partial charge in [0.1, 0.15) is 11.8 Å². The molecule has 29 heavy (non-hydrogen) atoms. The minimum atomic E-state index is -0.0693. The normalized spacial score (nSPS) is 15.9. The zero-order valence-corrected chi connectivity index (χ0v) is 17.6. The van der Waals surface area contributed by atoms with Crippen molar-refractivity contribution in [3.63, 3.8) is 0 Å². The molecule has 3 aromatic heterocycles. The molecule has 1 N–H and O–H groups in total. The fraction of sp³-hybridized carbons (Fsp3) is 0.524. The lowest BCUT2D eigenvalue weighted by Crippen LogP contribution is -2.48. The van der Waals surface area contributed by atoms with Gasteiger partial charge >= 0.3 is 0 Å². The molecule has 154 valence electrons. The summed E-state index contributed by atoms with van der Waals surface area (Å²) in [5.74, 6) is 0.971. The highest BCUT2D eigenvalue weighted by Gasteiger charge is 2.21. The van der Waals surface area contributed by atoms with Crippen molar-refractivity contribution in [1.29, 1.82) is 0 Å². The van der Waals surface area contributed by atoms with E-state index in [-0.39, 0.29) is 11.0 Å². The van der Waals surface area contributed by atoms with E-state index in [4.69, 9.17) is 0 Å². The summed E-state index contributed by atoms with van der Waals surface area (Å²) in [5, 5.41) is 4.57. The topological polar surface area (TPSA) is 82.9 Å². The first kappa shape index (κ1) is 19.6. The molecule has 0 atom stereocenters. The number of rotatable bonds is 4. The van der Waals surface area contributed by atoms with E-state index in [1.807, 2.05) is 19.1 Å². The fourth-order valence-electron chi connectivity index (χ4n) is 3.73. The first-order chi connectivity index (χ1) is 13.8. The lowest BCUT2D eigenvalue weighted by molar-refractivity contribution is 0.241. The van der Waals surface area contributed by atoms with Gasteiger partial charge in [-0.25, -0.2) is 14.6 Å². The molecule has 0 amide bonds. The zero-order chi connectivity index (χ0) is 20.6. The van der Waals surface area contributed by atoms with E-state index >= 15 is 0 Å².